The number of piperazine rings is 1. The zero-order valence-electron chi connectivity index (χ0n) is 11.9. The van der Waals surface area contributed by atoms with E-state index in [1.807, 2.05) is 12.1 Å². The van der Waals surface area contributed by atoms with E-state index < -0.39 is 0 Å². The van der Waals surface area contributed by atoms with Gasteiger partial charge in [0.2, 0.25) is 0 Å². The van der Waals surface area contributed by atoms with Crippen molar-refractivity contribution in [3.8, 4) is 5.75 Å². The summed E-state index contributed by atoms with van der Waals surface area (Å²) in [5.41, 5.74) is 1.19. The van der Waals surface area contributed by atoms with Gasteiger partial charge in [-0.2, -0.15) is 0 Å². The van der Waals surface area contributed by atoms with Gasteiger partial charge < -0.3 is 15.0 Å². The molecule has 1 aromatic rings. The van der Waals surface area contributed by atoms with Crippen LogP contribution >= 0.6 is 15.9 Å². The second-order valence-corrected chi connectivity index (χ2v) is 6.46. The van der Waals surface area contributed by atoms with Crippen LogP contribution in [0.1, 0.15) is 20.3 Å². The number of halogens is 1. The molecule has 1 unspecified atom stereocenters. The van der Waals surface area contributed by atoms with E-state index in [9.17, 15) is 0 Å². The third-order valence-corrected chi connectivity index (χ3v) is 3.99. The topological polar surface area (TPSA) is 24.5 Å². The highest BCUT2D eigenvalue weighted by atomic mass is 79.9. The molecule has 0 bridgehead atoms. The van der Waals surface area contributed by atoms with Crippen LogP contribution < -0.4 is 15.0 Å². The van der Waals surface area contributed by atoms with Crippen molar-refractivity contribution in [1.29, 1.82) is 0 Å². The molecule has 19 heavy (non-hydrogen) atoms. The van der Waals surface area contributed by atoms with Gasteiger partial charge in [0.25, 0.3) is 0 Å². The van der Waals surface area contributed by atoms with Crippen molar-refractivity contribution >= 4 is 21.6 Å². The average molecular weight is 327 g/mol. The van der Waals surface area contributed by atoms with Gasteiger partial charge in [-0.25, -0.2) is 0 Å². The third-order valence-electron chi connectivity index (χ3n) is 3.49. The Morgan fingerprint density at radius 2 is 2.26 bits per heavy atom. The van der Waals surface area contributed by atoms with Crippen LogP contribution in [0.3, 0.4) is 0 Å². The zero-order valence-corrected chi connectivity index (χ0v) is 13.5. The van der Waals surface area contributed by atoms with Gasteiger partial charge >= 0.3 is 0 Å². The van der Waals surface area contributed by atoms with Gasteiger partial charge in [0.15, 0.2) is 0 Å². The highest BCUT2D eigenvalue weighted by Crippen LogP contribution is 2.32. The van der Waals surface area contributed by atoms with Crippen molar-refractivity contribution in [1.82, 2.24) is 5.32 Å². The van der Waals surface area contributed by atoms with E-state index in [1.165, 1.54) is 12.1 Å². The molecule has 1 aromatic carbocycles. The van der Waals surface area contributed by atoms with E-state index in [2.05, 4.69) is 46.1 Å². The first-order valence-corrected chi connectivity index (χ1v) is 7.71. The number of benzene rings is 1. The second kappa shape index (κ2) is 6.62. The van der Waals surface area contributed by atoms with Crippen LogP contribution in [0.5, 0.6) is 5.75 Å². The van der Waals surface area contributed by atoms with Crippen molar-refractivity contribution < 1.29 is 4.74 Å². The molecule has 106 valence electrons. The Labute approximate surface area is 124 Å². The molecule has 0 radical (unpaired) electrons. The normalized spacial score (nSPS) is 19.8. The largest absolute Gasteiger partial charge is 0.495 e. The lowest BCUT2D eigenvalue weighted by molar-refractivity contribution is 0.380. The van der Waals surface area contributed by atoms with Crippen LogP contribution in [0, 0.1) is 5.92 Å². The highest BCUT2D eigenvalue weighted by Gasteiger charge is 2.22. The lowest BCUT2D eigenvalue weighted by Crippen LogP contribution is -2.51. The molecule has 1 N–H and O–H groups in total. The number of anilines is 1. The van der Waals surface area contributed by atoms with Gasteiger partial charge in [-0.15, -0.1) is 0 Å². The quantitative estimate of drug-likeness (QED) is 0.918. The monoisotopic (exact) mass is 326 g/mol. The number of methoxy groups -OCH3 is 1. The maximum Gasteiger partial charge on any atom is 0.142 e. The van der Waals surface area contributed by atoms with Crippen LogP contribution in [0.15, 0.2) is 22.7 Å². The van der Waals surface area contributed by atoms with Gasteiger partial charge in [0.1, 0.15) is 5.75 Å². The van der Waals surface area contributed by atoms with E-state index >= 15 is 0 Å². The minimum absolute atomic E-state index is 0.567. The van der Waals surface area contributed by atoms with E-state index in [0.29, 0.717) is 6.04 Å². The molecule has 1 saturated heterocycles. The summed E-state index contributed by atoms with van der Waals surface area (Å²) >= 11 is 3.55. The molecule has 1 aliphatic rings. The van der Waals surface area contributed by atoms with Crippen molar-refractivity contribution in [2.45, 2.75) is 26.3 Å². The van der Waals surface area contributed by atoms with Crippen molar-refractivity contribution in [3.63, 3.8) is 0 Å². The maximum atomic E-state index is 5.49. The first kappa shape index (κ1) is 14.7. The van der Waals surface area contributed by atoms with Gasteiger partial charge in [-0.1, -0.05) is 29.8 Å². The third kappa shape index (κ3) is 3.86. The predicted molar refractivity (Wildman–Crippen MR) is 84.2 cm³/mol. The summed E-state index contributed by atoms with van der Waals surface area (Å²) in [6.45, 7) is 7.67. The van der Waals surface area contributed by atoms with Crippen molar-refractivity contribution in [2.24, 2.45) is 5.92 Å². The van der Waals surface area contributed by atoms with E-state index in [-0.39, 0.29) is 0 Å². The van der Waals surface area contributed by atoms with E-state index in [1.54, 1.807) is 7.11 Å². The fourth-order valence-corrected chi connectivity index (χ4v) is 3.03. The second-order valence-electron chi connectivity index (χ2n) is 5.54. The fourth-order valence-electron chi connectivity index (χ4n) is 2.68. The number of nitrogens with zero attached hydrogens (tertiary/aromatic N) is 1. The molecule has 0 aromatic heterocycles. The van der Waals surface area contributed by atoms with E-state index in [0.717, 1.165) is 35.8 Å². The number of hydrogen-bond donors (Lipinski definition) is 1. The predicted octanol–water partition coefficient (Wildman–Crippen LogP) is 3.28. The summed E-state index contributed by atoms with van der Waals surface area (Å²) < 4.78 is 6.59. The molecule has 2 rings (SSSR count). The summed E-state index contributed by atoms with van der Waals surface area (Å²) in [5, 5.41) is 3.61. The summed E-state index contributed by atoms with van der Waals surface area (Å²) in [7, 11) is 1.74. The minimum Gasteiger partial charge on any atom is -0.495 e. The Morgan fingerprint density at radius 1 is 1.47 bits per heavy atom. The maximum absolute atomic E-state index is 5.49. The van der Waals surface area contributed by atoms with Gasteiger partial charge in [-0.05, 0) is 30.5 Å². The van der Waals surface area contributed by atoms with Gasteiger partial charge in [-0.3, -0.25) is 0 Å². The fraction of sp³-hybridized carbons (Fsp3) is 0.600. The molecule has 1 heterocycles. The molecular weight excluding hydrogens is 304 g/mol. The molecule has 4 heteroatoms. The molecule has 1 atom stereocenters. The minimum atomic E-state index is 0.567. The van der Waals surface area contributed by atoms with Crippen molar-refractivity contribution in [3.05, 3.63) is 22.7 Å². The van der Waals surface area contributed by atoms with Crippen molar-refractivity contribution in [2.75, 3.05) is 31.6 Å². The molecule has 1 fully saturated rings. The Hall–Kier alpha value is -0.740. The molecular formula is C15H23BrN2O. The lowest BCUT2D eigenvalue weighted by atomic mass is 10.0. The van der Waals surface area contributed by atoms with E-state index in [4.69, 9.17) is 4.74 Å². The van der Waals surface area contributed by atoms with Gasteiger partial charge in [0, 0.05) is 30.1 Å². The number of hydrogen-bond acceptors (Lipinski definition) is 3. The van der Waals surface area contributed by atoms with Crippen LogP contribution in [0.2, 0.25) is 0 Å². The smallest absolute Gasteiger partial charge is 0.142 e. The molecule has 1 aliphatic heterocycles. The Balaban J connectivity index is 2.14. The Kier molecular flexibility index (Phi) is 5.11. The van der Waals surface area contributed by atoms with Crippen LogP contribution in [-0.4, -0.2) is 32.8 Å². The summed E-state index contributed by atoms with van der Waals surface area (Å²) in [6.07, 6.45) is 1.22. The molecule has 0 aliphatic carbocycles. The summed E-state index contributed by atoms with van der Waals surface area (Å²) in [6, 6.07) is 6.77. The number of rotatable bonds is 4. The average Bonchev–Trinajstić information content (AvgIpc) is 2.38. The first-order valence-electron chi connectivity index (χ1n) is 6.92. The Bertz CT molecular complexity index is 423. The standard InChI is InChI=1S/C15H23BrN2O/c1-11(2)8-13-10-18(7-6-17-13)14-9-12(16)4-5-15(14)19-3/h4-5,9,11,13,17H,6-8,10H2,1-3H3. The Morgan fingerprint density at radius 3 is 2.95 bits per heavy atom. The first-order chi connectivity index (χ1) is 9.10. The summed E-state index contributed by atoms with van der Waals surface area (Å²) in [4.78, 5) is 2.42. The summed E-state index contributed by atoms with van der Waals surface area (Å²) in [5.74, 6) is 1.68. The number of ether oxygens (including phenoxy) is 1. The molecule has 0 amide bonds. The molecule has 3 nitrogen and oxygen atoms in total. The van der Waals surface area contributed by atoms with Crippen LogP contribution in [0.25, 0.3) is 0 Å². The van der Waals surface area contributed by atoms with Crippen LogP contribution in [-0.2, 0) is 0 Å². The highest BCUT2D eigenvalue weighted by molar-refractivity contribution is 9.10. The molecule has 0 spiro atoms. The molecule has 0 saturated carbocycles. The SMILES string of the molecule is COc1ccc(Br)cc1N1CCNC(CC(C)C)C1. The van der Waals surface area contributed by atoms with Gasteiger partial charge in [0.05, 0.1) is 12.8 Å². The lowest BCUT2D eigenvalue weighted by Gasteiger charge is -2.36. The van der Waals surface area contributed by atoms with Crippen LogP contribution in [0.4, 0.5) is 5.69 Å². The number of nitrogens with one attached hydrogen (secondary N) is 1. The zero-order chi connectivity index (χ0) is 13.8.